The van der Waals surface area contributed by atoms with Gasteiger partial charge in [-0.05, 0) is 61.1 Å². The topological polar surface area (TPSA) is 58.2 Å². The zero-order valence-electron chi connectivity index (χ0n) is 21.5. The Labute approximate surface area is 205 Å². The number of carbonyl (C=O) groups excluding carboxylic acids is 2. The highest BCUT2D eigenvalue weighted by molar-refractivity contribution is 5.92. The largest absolute Gasteiger partial charge is 0.326 e. The Bertz CT molecular complexity index is 856. The molecule has 1 saturated carbocycles. The van der Waals surface area contributed by atoms with E-state index in [0.29, 0.717) is 0 Å². The van der Waals surface area contributed by atoms with Crippen LogP contribution in [0.3, 0.4) is 0 Å². The second-order valence-electron chi connectivity index (χ2n) is 10.2. The molecule has 0 spiro atoms. The summed E-state index contributed by atoms with van der Waals surface area (Å²) in [4.78, 5) is 24.8. The van der Waals surface area contributed by atoms with Crippen LogP contribution in [0.5, 0.6) is 0 Å². The highest BCUT2D eigenvalue weighted by Crippen LogP contribution is 2.45. The molecule has 1 aliphatic rings. The lowest BCUT2D eigenvalue weighted by molar-refractivity contribution is -0.120. The number of benzene rings is 2. The van der Waals surface area contributed by atoms with Crippen LogP contribution in [0.2, 0.25) is 0 Å². The van der Waals surface area contributed by atoms with Gasteiger partial charge in [0.2, 0.25) is 11.8 Å². The zero-order valence-corrected chi connectivity index (χ0v) is 21.5. The predicted molar refractivity (Wildman–Crippen MR) is 142 cm³/mol. The van der Waals surface area contributed by atoms with Crippen molar-refractivity contribution in [1.82, 2.24) is 0 Å². The molecular weight excluding hydrogens is 420 g/mol. The van der Waals surface area contributed by atoms with Crippen molar-refractivity contribution < 1.29 is 9.59 Å². The number of hydrogen-bond donors (Lipinski definition) is 2. The number of amides is 2. The minimum Gasteiger partial charge on any atom is -0.326 e. The van der Waals surface area contributed by atoms with Crippen molar-refractivity contribution >= 4 is 23.2 Å². The Kier molecular flexibility index (Phi) is 9.32. The Balaban J connectivity index is 1.78. The summed E-state index contributed by atoms with van der Waals surface area (Å²) >= 11 is 0. The third kappa shape index (κ3) is 6.28. The molecule has 0 aliphatic heterocycles. The Morgan fingerprint density at radius 3 is 1.44 bits per heavy atom. The van der Waals surface area contributed by atoms with Crippen LogP contribution in [0.4, 0.5) is 11.4 Å². The maximum absolute atomic E-state index is 12.4. The van der Waals surface area contributed by atoms with Crippen molar-refractivity contribution in [1.29, 1.82) is 0 Å². The average Bonchev–Trinajstić information content (AvgIpc) is 2.85. The van der Waals surface area contributed by atoms with Crippen LogP contribution in [0.1, 0.15) is 96.6 Å². The van der Waals surface area contributed by atoms with Gasteiger partial charge < -0.3 is 10.6 Å². The molecule has 4 nitrogen and oxygen atoms in total. The summed E-state index contributed by atoms with van der Waals surface area (Å²) in [7, 11) is 0. The summed E-state index contributed by atoms with van der Waals surface area (Å²) in [5, 5.41) is 6.15. The molecule has 4 heteroatoms. The molecule has 0 saturated heterocycles. The number of hydrogen-bond acceptors (Lipinski definition) is 2. The van der Waals surface area contributed by atoms with Crippen LogP contribution in [-0.2, 0) is 15.0 Å². The minimum atomic E-state index is -0.0195. The van der Waals surface area contributed by atoms with Gasteiger partial charge in [0.1, 0.15) is 0 Å². The van der Waals surface area contributed by atoms with Crippen LogP contribution in [0.25, 0.3) is 0 Å². The molecule has 184 valence electrons. The lowest BCUT2D eigenvalue weighted by atomic mass is 9.65. The highest BCUT2D eigenvalue weighted by atomic mass is 16.2. The van der Waals surface area contributed by atoms with Crippen molar-refractivity contribution in [3.05, 3.63) is 59.7 Å². The van der Waals surface area contributed by atoms with E-state index in [0.717, 1.165) is 49.9 Å². The fourth-order valence-electron chi connectivity index (χ4n) is 5.30. The molecular formula is C30H42N2O2. The van der Waals surface area contributed by atoms with E-state index in [1.807, 2.05) is 38.1 Å². The van der Waals surface area contributed by atoms with E-state index in [1.54, 1.807) is 0 Å². The first-order chi connectivity index (χ1) is 16.4. The van der Waals surface area contributed by atoms with Crippen molar-refractivity contribution in [2.24, 2.45) is 11.8 Å². The fourth-order valence-corrected chi connectivity index (χ4v) is 5.30. The van der Waals surface area contributed by atoms with Crippen LogP contribution < -0.4 is 10.6 Å². The number of carbonyl (C=O) groups is 2. The second kappa shape index (κ2) is 12.2. The quantitative estimate of drug-likeness (QED) is 0.380. The molecule has 3 rings (SSSR count). The van der Waals surface area contributed by atoms with Crippen molar-refractivity contribution in [3.63, 3.8) is 0 Å². The van der Waals surface area contributed by atoms with Gasteiger partial charge in [0.25, 0.3) is 0 Å². The Morgan fingerprint density at radius 1 is 0.706 bits per heavy atom. The average molecular weight is 463 g/mol. The van der Waals surface area contributed by atoms with Gasteiger partial charge in [-0.3, -0.25) is 9.59 Å². The molecule has 0 aromatic heterocycles. The summed E-state index contributed by atoms with van der Waals surface area (Å²) in [5.74, 6) is 0.234. The van der Waals surface area contributed by atoms with Crippen molar-refractivity contribution in [2.75, 3.05) is 10.6 Å². The van der Waals surface area contributed by atoms with Gasteiger partial charge in [-0.2, -0.15) is 0 Å². The summed E-state index contributed by atoms with van der Waals surface area (Å²) < 4.78 is 0. The Morgan fingerprint density at radius 2 is 1.09 bits per heavy atom. The summed E-state index contributed by atoms with van der Waals surface area (Å²) in [6, 6.07) is 16.9. The number of anilines is 2. The molecule has 34 heavy (non-hydrogen) atoms. The fraction of sp³-hybridized carbons (Fsp3) is 0.533. The normalized spacial score (nSPS) is 16.9. The summed E-state index contributed by atoms with van der Waals surface area (Å²) in [6.07, 6.45) is 9.75. The van der Waals surface area contributed by atoms with Gasteiger partial charge in [0.15, 0.2) is 0 Å². The van der Waals surface area contributed by atoms with E-state index in [9.17, 15) is 9.59 Å². The smallest absolute Gasteiger partial charge is 0.227 e. The van der Waals surface area contributed by atoms with Gasteiger partial charge in [0, 0.05) is 28.6 Å². The molecule has 2 N–H and O–H groups in total. The van der Waals surface area contributed by atoms with Crippen molar-refractivity contribution in [3.8, 4) is 0 Å². The molecule has 2 amide bonds. The number of nitrogens with one attached hydrogen (secondary N) is 2. The number of rotatable bonds is 10. The first kappa shape index (κ1) is 26.0. The van der Waals surface area contributed by atoms with Crippen LogP contribution in [0.15, 0.2) is 48.5 Å². The van der Waals surface area contributed by atoms with E-state index >= 15 is 0 Å². The maximum Gasteiger partial charge on any atom is 0.227 e. The van der Waals surface area contributed by atoms with Gasteiger partial charge in [-0.25, -0.2) is 0 Å². The SMILES string of the molecule is CCCC(C)C(=O)Nc1ccc(C2(c3ccc(NC(=O)C(C)CCC)cc3)CCCCC2)cc1. The van der Waals surface area contributed by atoms with Gasteiger partial charge in [-0.1, -0.05) is 84.1 Å². The highest BCUT2D eigenvalue weighted by Gasteiger charge is 2.35. The zero-order chi connectivity index (χ0) is 24.6. The third-order valence-electron chi connectivity index (χ3n) is 7.46. The van der Waals surface area contributed by atoms with Crippen LogP contribution in [-0.4, -0.2) is 11.8 Å². The first-order valence-electron chi connectivity index (χ1n) is 13.2. The van der Waals surface area contributed by atoms with E-state index < -0.39 is 0 Å². The van der Waals surface area contributed by atoms with E-state index in [1.165, 1.54) is 30.4 Å². The lowest BCUT2D eigenvalue weighted by Crippen LogP contribution is -2.30. The van der Waals surface area contributed by atoms with E-state index in [-0.39, 0.29) is 29.1 Å². The Hall–Kier alpha value is -2.62. The molecule has 2 unspecified atom stereocenters. The maximum atomic E-state index is 12.4. The van der Waals surface area contributed by atoms with Crippen molar-refractivity contribution in [2.45, 2.75) is 90.9 Å². The first-order valence-corrected chi connectivity index (χ1v) is 13.2. The summed E-state index contributed by atoms with van der Waals surface area (Å²) in [5.41, 5.74) is 4.32. The molecule has 1 aliphatic carbocycles. The molecule has 0 radical (unpaired) electrons. The van der Waals surface area contributed by atoms with Gasteiger partial charge in [0.05, 0.1) is 0 Å². The van der Waals surface area contributed by atoms with Gasteiger partial charge in [-0.15, -0.1) is 0 Å². The second-order valence-corrected chi connectivity index (χ2v) is 10.2. The molecule has 1 fully saturated rings. The lowest BCUT2D eigenvalue weighted by Gasteiger charge is -2.39. The van der Waals surface area contributed by atoms with E-state index in [2.05, 4.69) is 48.7 Å². The molecule has 2 aromatic carbocycles. The molecule has 2 atom stereocenters. The third-order valence-corrected chi connectivity index (χ3v) is 7.46. The minimum absolute atomic E-state index is 0.0195. The molecule has 0 heterocycles. The molecule has 0 bridgehead atoms. The van der Waals surface area contributed by atoms with Crippen LogP contribution >= 0.6 is 0 Å². The van der Waals surface area contributed by atoms with E-state index in [4.69, 9.17) is 0 Å². The standard InChI is InChI=1S/C30H42N2O2/c1-5-10-22(3)28(33)31-26-16-12-24(13-17-26)30(20-8-7-9-21-30)25-14-18-27(19-15-25)32-29(34)23(4)11-6-2/h12-19,22-23H,5-11,20-21H2,1-4H3,(H,31,33)(H,32,34). The molecule has 2 aromatic rings. The van der Waals surface area contributed by atoms with Gasteiger partial charge >= 0.3 is 0 Å². The predicted octanol–water partition coefficient (Wildman–Crippen LogP) is 7.69. The monoisotopic (exact) mass is 462 g/mol. The van der Waals surface area contributed by atoms with Crippen LogP contribution in [0, 0.1) is 11.8 Å². The summed E-state index contributed by atoms with van der Waals surface area (Å²) in [6.45, 7) is 8.19.